The number of ether oxygens (including phenoxy) is 2. The van der Waals surface area contributed by atoms with Gasteiger partial charge in [0, 0.05) is 18.7 Å². The van der Waals surface area contributed by atoms with Gasteiger partial charge in [-0.2, -0.15) is 0 Å². The maximum Gasteiger partial charge on any atom is 0.253 e. The first kappa shape index (κ1) is 20.0. The molecule has 0 N–H and O–H groups in total. The smallest absolute Gasteiger partial charge is 0.253 e. The number of rotatable bonds is 7. The van der Waals surface area contributed by atoms with Crippen molar-refractivity contribution in [3.05, 3.63) is 72.3 Å². The van der Waals surface area contributed by atoms with E-state index in [1.807, 2.05) is 11.9 Å². The molecule has 0 heterocycles. The lowest BCUT2D eigenvalue weighted by molar-refractivity contribution is 0.0689. The number of carbonyl (C=O) groups excluding carboxylic acids is 1. The molecule has 0 aliphatic heterocycles. The summed E-state index contributed by atoms with van der Waals surface area (Å²) in [6.45, 7) is 4.05. The predicted molar refractivity (Wildman–Crippen MR) is 112 cm³/mol. The number of nitrogens with zero attached hydrogens (tertiary/aromatic N) is 1. The van der Waals surface area contributed by atoms with Crippen LogP contribution in [-0.4, -0.2) is 37.6 Å². The van der Waals surface area contributed by atoms with Gasteiger partial charge in [0.25, 0.3) is 5.91 Å². The maximum absolute atomic E-state index is 13.0. The van der Waals surface area contributed by atoms with Crippen LogP contribution in [0.4, 0.5) is 0 Å². The lowest BCUT2D eigenvalue weighted by atomic mass is 9.81. The largest absolute Gasteiger partial charge is 0.493 e. The van der Waals surface area contributed by atoms with Crippen LogP contribution in [0.15, 0.2) is 61.2 Å². The minimum Gasteiger partial charge on any atom is -0.493 e. The van der Waals surface area contributed by atoms with Crippen molar-refractivity contribution in [1.29, 1.82) is 0 Å². The Morgan fingerprint density at radius 3 is 2.46 bits per heavy atom. The van der Waals surface area contributed by atoms with E-state index in [1.54, 1.807) is 31.4 Å². The van der Waals surface area contributed by atoms with Gasteiger partial charge in [0.15, 0.2) is 11.5 Å². The molecule has 0 saturated heterocycles. The second kappa shape index (κ2) is 9.45. The molecule has 4 heteroatoms. The van der Waals surface area contributed by atoms with Crippen molar-refractivity contribution >= 4 is 5.91 Å². The average Bonchev–Trinajstić information content (AvgIpc) is 2.77. The Labute approximate surface area is 167 Å². The summed E-state index contributed by atoms with van der Waals surface area (Å²) in [7, 11) is 3.49. The third kappa shape index (κ3) is 4.56. The summed E-state index contributed by atoms with van der Waals surface area (Å²) in [6, 6.07) is 16.3. The molecule has 0 aromatic heterocycles. The Balaban J connectivity index is 1.64. The highest BCUT2D eigenvalue weighted by Crippen LogP contribution is 2.35. The van der Waals surface area contributed by atoms with Gasteiger partial charge < -0.3 is 14.4 Å². The molecule has 0 spiro atoms. The summed E-state index contributed by atoms with van der Waals surface area (Å²) in [6.07, 6.45) is 5.96. The van der Waals surface area contributed by atoms with Gasteiger partial charge in [-0.1, -0.05) is 43.0 Å². The summed E-state index contributed by atoms with van der Waals surface area (Å²) in [5.41, 5.74) is 2.03. The molecule has 1 amide bonds. The fourth-order valence-electron chi connectivity index (χ4n) is 3.96. The van der Waals surface area contributed by atoms with Crippen LogP contribution in [-0.2, 0) is 0 Å². The normalized spacial score (nSPS) is 18.9. The highest BCUT2D eigenvalue weighted by molar-refractivity contribution is 5.95. The number of carbonyl (C=O) groups is 1. The minimum absolute atomic E-state index is 0.0248. The summed E-state index contributed by atoms with van der Waals surface area (Å²) in [5.74, 6) is 1.80. The van der Waals surface area contributed by atoms with Crippen LogP contribution in [0.3, 0.4) is 0 Å². The Kier molecular flexibility index (Phi) is 6.75. The summed E-state index contributed by atoms with van der Waals surface area (Å²) >= 11 is 0. The second-order valence-electron chi connectivity index (χ2n) is 7.30. The first-order chi connectivity index (χ1) is 13.6. The van der Waals surface area contributed by atoms with E-state index in [2.05, 4.69) is 36.9 Å². The van der Waals surface area contributed by atoms with Crippen LogP contribution < -0.4 is 9.47 Å². The SMILES string of the molecule is C=CCOc1ccc(C(=O)N(C)C2CCC(c3ccccc3)CC2)cc1OC. The van der Waals surface area contributed by atoms with Gasteiger partial charge in [-0.15, -0.1) is 0 Å². The van der Waals surface area contributed by atoms with E-state index in [9.17, 15) is 4.79 Å². The molecule has 0 bridgehead atoms. The topological polar surface area (TPSA) is 38.8 Å². The molecule has 148 valence electrons. The van der Waals surface area contributed by atoms with Gasteiger partial charge in [0.1, 0.15) is 6.61 Å². The summed E-state index contributed by atoms with van der Waals surface area (Å²) in [5, 5.41) is 0. The fraction of sp³-hybridized carbons (Fsp3) is 0.375. The molecule has 1 saturated carbocycles. The number of hydrogen-bond acceptors (Lipinski definition) is 3. The van der Waals surface area contributed by atoms with Crippen molar-refractivity contribution < 1.29 is 14.3 Å². The van der Waals surface area contributed by atoms with E-state index < -0.39 is 0 Å². The third-order valence-corrected chi connectivity index (χ3v) is 5.60. The van der Waals surface area contributed by atoms with Crippen LogP contribution >= 0.6 is 0 Å². The summed E-state index contributed by atoms with van der Waals surface area (Å²) < 4.78 is 11.0. The van der Waals surface area contributed by atoms with Crippen molar-refractivity contribution in [3.63, 3.8) is 0 Å². The van der Waals surface area contributed by atoms with Gasteiger partial charge in [-0.3, -0.25) is 4.79 Å². The number of hydrogen-bond donors (Lipinski definition) is 0. The molecule has 4 nitrogen and oxygen atoms in total. The quantitative estimate of drug-likeness (QED) is 0.631. The van der Waals surface area contributed by atoms with Crippen molar-refractivity contribution in [3.8, 4) is 11.5 Å². The Morgan fingerprint density at radius 2 is 1.82 bits per heavy atom. The second-order valence-corrected chi connectivity index (χ2v) is 7.30. The molecule has 1 aliphatic rings. The van der Waals surface area contributed by atoms with Crippen LogP contribution in [0.1, 0.15) is 47.5 Å². The molecule has 28 heavy (non-hydrogen) atoms. The van der Waals surface area contributed by atoms with Gasteiger partial charge in [-0.25, -0.2) is 0 Å². The zero-order valence-electron chi connectivity index (χ0n) is 16.8. The van der Waals surface area contributed by atoms with Crippen LogP contribution in [0.2, 0.25) is 0 Å². The van der Waals surface area contributed by atoms with E-state index in [0.717, 1.165) is 25.7 Å². The zero-order chi connectivity index (χ0) is 19.9. The molecule has 2 aromatic carbocycles. The van der Waals surface area contributed by atoms with E-state index in [1.165, 1.54) is 5.56 Å². The van der Waals surface area contributed by atoms with Crippen molar-refractivity contribution in [2.45, 2.75) is 37.6 Å². The van der Waals surface area contributed by atoms with Gasteiger partial charge in [0.05, 0.1) is 7.11 Å². The minimum atomic E-state index is 0.0248. The van der Waals surface area contributed by atoms with Crippen molar-refractivity contribution in [1.82, 2.24) is 4.90 Å². The van der Waals surface area contributed by atoms with E-state index >= 15 is 0 Å². The van der Waals surface area contributed by atoms with E-state index in [0.29, 0.717) is 29.6 Å². The Hall–Kier alpha value is -2.75. The molecule has 2 aromatic rings. The number of amides is 1. The Morgan fingerprint density at radius 1 is 1.11 bits per heavy atom. The predicted octanol–water partition coefficient (Wildman–Crippen LogP) is 5.06. The van der Waals surface area contributed by atoms with Crippen LogP contribution in [0, 0.1) is 0 Å². The molecule has 0 radical (unpaired) electrons. The first-order valence-corrected chi connectivity index (χ1v) is 9.88. The monoisotopic (exact) mass is 379 g/mol. The molecule has 1 aliphatic carbocycles. The molecule has 1 fully saturated rings. The van der Waals surface area contributed by atoms with Crippen molar-refractivity contribution in [2.75, 3.05) is 20.8 Å². The zero-order valence-corrected chi connectivity index (χ0v) is 16.8. The van der Waals surface area contributed by atoms with Gasteiger partial charge in [0.2, 0.25) is 0 Å². The number of methoxy groups -OCH3 is 1. The van der Waals surface area contributed by atoms with Crippen LogP contribution in [0.25, 0.3) is 0 Å². The maximum atomic E-state index is 13.0. The number of benzene rings is 2. The lowest BCUT2D eigenvalue weighted by Crippen LogP contribution is -2.39. The fourth-order valence-corrected chi connectivity index (χ4v) is 3.96. The molecule has 3 rings (SSSR count). The van der Waals surface area contributed by atoms with E-state index in [4.69, 9.17) is 9.47 Å². The third-order valence-electron chi connectivity index (χ3n) is 5.60. The highest BCUT2D eigenvalue weighted by atomic mass is 16.5. The van der Waals surface area contributed by atoms with Crippen molar-refractivity contribution in [2.24, 2.45) is 0 Å². The molecular formula is C24H29NO3. The van der Waals surface area contributed by atoms with E-state index in [-0.39, 0.29) is 11.9 Å². The molecular weight excluding hydrogens is 350 g/mol. The molecule has 0 atom stereocenters. The first-order valence-electron chi connectivity index (χ1n) is 9.88. The summed E-state index contributed by atoms with van der Waals surface area (Å²) in [4.78, 5) is 14.9. The van der Waals surface area contributed by atoms with Crippen LogP contribution in [0.5, 0.6) is 11.5 Å². The lowest BCUT2D eigenvalue weighted by Gasteiger charge is -2.35. The highest BCUT2D eigenvalue weighted by Gasteiger charge is 2.28. The average molecular weight is 380 g/mol. The standard InChI is InChI=1S/C24H29NO3/c1-4-16-28-22-15-12-20(17-23(22)27-3)24(26)25(2)21-13-10-19(11-14-21)18-8-6-5-7-9-18/h4-9,12,15,17,19,21H,1,10-11,13-14,16H2,2-3H3. The molecule has 0 unspecified atom stereocenters. The van der Waals surface area contributed by atoms with Gasteiger partial charge in [-0.05, 0) is 55.4 Å². The Bertz CT molecular complexity index is 795. The van der Waals surface area contributed by atoms with Gasteiger partial charge >= 0.3 is 0 Å².